The van der Waals surface area contributed by atoms with E-state index in [9.17, 15) is 33.6 Å². The highest BCUT2D eigenvalue weighted by atomic mass is 16.7. The number of alkyl carbamates (subject to hydrolysis) is 1. The van der Waals surface area contributed by atoms with Crippen molar-refractivity contribution >= 4 is 42.9 Å². The van der Waals surface area contributed by atoms with Gasteiger partial charge in [0.1, 0.15) is 25.8 Å². The van der Waals surface area contributed by atoms with Crippen LogP contribution in [0.25, 0.3) is 11.1 Å². The Morgan fingerprint density at radius 3 is 2.07 bits per heavy atom. The summed E-state index contributed by atoms with van der Waals surface area (Å²) in [6.07, 6.45) is 1.30. The number of imide groups is 1. The maximum atomic E-state index is 12.6. The van der Waals surface area contributed by atoms with Gasteiger partial charge < -0.3 is 19.6 Å². The van der Waals surface area contributed by atoms with Crippen molar-refractivity contribution in [3.63, 3.8) is 0 Å². The molecule has 3 rings (SSSR count). The third kappa shape index (κ3) is 9.04. The third-order valence-electron chi connectivity index (χ3n) is 6.61. The average molecular weight is 596 g/mol. The van der Waals surface area contributed by atoms with Crippen LogP contribution in [0.4, 0.5) is 4.79 Å². The molecule has 1 N–H and O–H groups in total. The van der Waals surface area contributed by atoms with Crippen LogP contribution in [-0.4, -0.2) is 92.3 Å². The van der Waals surface area contributed by atoms with Crippen LogP contribution in [0.5, 0.6) is 0 Å². The van der Waals surface area contributed by atoms with Gasteiger partial charge in [0, 0.05) is 50.0 Å². The number of nitrogens with zero attached hydrogens (tertiary/aromatic N) is 2. The van der Waals surface area contributed by atoms with Crippen molar-refractivity contribution in [3.8, 4) is 11.1 Å². The molecule has 0 radical (unpaired) electrons. The van der Waals surface area contributed by atoms with Crippen LogP contribution in [0.3, 0.4) is 0 Å². The Morgan fingerprint density at radius 1 is 0.907 bits per heavy atom. The second kappa shape index (κ2) is 15.9. The van der Waals surface area contributed by atoms with Crippen molar-refractivity contribution < 1.29 is 47.9 Å². The van der Waals surface area contributed by atoms with Gasteiger partial charge in [-0.05, 0) is 40.8 Å². The number of carbonyl (C=O) groups is 7. The number of esters is 1. The summed E-state index contributed by atoms with van der Waals surface area (Å²) >= 11 is 0. The zero-order valence-electron chi connectivity index (χ0n) is 23.9. The SMILES string of the molecule is CCCC(=O)N(C=O)OC(=O)CN(CCNC(=O)OCC1c2cc(C=O)ccc2-c2ccc(C=O)cc21)CCOC(C)=O. The fourth-order valence-corrected chi connectivity index (χ4v) is 4.61. The molecule has 13 heteroatoms. The second-order valence-corrected chi connectivity index (χ2v) is 9.66. The Morgan fingerprint density at radius 2 is 1.53 bits per heavy atom. The number of hydrogen-bond acceptors (Lipinski definition) is 11. The van der Waals surface area contributed by atoms with E-state index < -0.39 is 29.9 Å². The molecule has 0 aliphatic heterocycles. The lowest BCUT2D eigenvalue weighted by Gasteiger charge is -2.22. The average Bonchev–Trinajstić information content (AvgIpc) is 3.30. The second-order valence-electron chi connectivity index (χ2n) is 9.66. The molecule has 0 saturated carbocycles. The lowest BCUT2D eigenvalue weighted by Crippen LogP contribution is -2.42. The molecule has 0 spiro atoms. The van der Waals surface area contributed by atoms with Gasteiger partial charge in [0.25, 0.3) is 12.3 Å². The molecule has 0 unspecified atom stereocenters. The van der Waals surface area contributed by atoms with E-state index in [0.29, 0.717) is 22.6 Å². The number of amides is 3. The minimum absolute atomic E-state index is 0.0166. The highest BCUT2D eigenvalue weighted by Crippen LogP contribution is 2.45. The van der Waals surface area contributed by atoms with Gasteiger partial charge >= 0.3 is 18.0 Å². The molecule has 1 aliphatic carbocycles. The van der Waals surface area contributed by atoms with E-state index in [1.165, 1.54) is 11.8 Å². The van der Waals surface area contributed by atoms with Gasteiger partial charge in [0.15, 0.2) is 0 Å². The largest absolute Gasteiger partial charge is 0.465 e. The van der Waals surface area contributed by atoms with E-state index in [-0.39, 0.29) is 52.2 Å². The van der Waals surface area contributed by atoms with Crippen LogP contribution in [0.2, 0.25) is 0 Å². The third-order valence-corrected chi connectivity index (χ3v) is 6.61. The van der Waals surface area contributed by atoms with Gasteiger partial charge in [-0.25, -0.2) is 9.59 Å². The van der Waals surface area contributed by atoms with Gasteiger partial charge in [-0.1, -0.05) is 31.2 Å². The van der Waals surface area contributed by atoms with Gasteiger partial charge in [0.2, 0.25) is 0 Å². The molecule has 0 bridgehead atoms. The summed E-state index contributed by atoms with van der Waals surface area (Å²) in [5.41, 5.74) is 4.29. The van der Waals surface area contributed by atoms with E-state index in [1.54, 1.807) is 31.2 Å². The summed E-state index contributed by atoms with van der Waals surface area (Å²) in [4.78, 5) is 88.3. The van der Waals surface area contributed by atoms with Gasteiger partial charge in [-0.15, -0.1) is 5.06 Å². The quantitative estimate of drug-likeness (QED) is 0.182. The first-order chi connectivity index (χ1) is 20.7. The predicted octanol–water partition coefficient (Wildman–Crippen LogP) is 2.26. The Labute approximate surface area is 248 Å². The number of hydrogen-bond donors (Lipinski definition) is 1. The smallest absolute Gasteiger partial charge is 0.407 e. The molecular weight excluding hydrogens is 562 g/mol. The summed E-state index contributed by atoms with van der Waals surface area (Å²) in [5, 5.41) is 2.93. The molecule has 3 amide bonds. The summed E-state index contributed by atoms with van der Waals surface area (Å²) < 4.78 is 10.4. The van der Waals surface area contributed by atoms with E-state index in [0.717, 1.165) is 34.8 Å². The molecule has 13 nitrogen and oxygen atoms in total. The normalized spacial score (nSPS) is 11.6. The van der Waals surface area contributed by atoms with Gasteiger partial charge in [0.05, 0.1) is 6.54 Å². The Balaban J connectivity index is 1.59. The van der Waals surface area contributed by atoms with Crippen LogP contribution in [0.1, 0.15) is 64.4 Å². The summed E-state index contributed by atoms with van der Waals surface area (Å²) in [6, 6.07) is 10.5. The molecule has 0 saturated heterocycles. The molecule has 0 heterocycles. The van der Waals surface area contributed by atoms with Crippen molar-refractivity contribution in [3.05, 3.63) is 58.7 Å². The van der Waals surface area contributed by atoms with E-state index in [4.69, 9.17) is 14.3 Å². The first kappa shape index (κ1) is 32.6. The highest BCUT2D eigenvalue weighted by Gasteiger charge is 2.30. The Kier molecular flexibility index (Phi) is 12.1. The van der Waals surface area contributed by atoms with Crippen LogP contribution in [0.15, 0.2) is 36.4 Å². The Hall–Kier alpha value is -4.91. The minimum atomic E-state index is -0.898. The first-order valence-electron chi connectivity index (χ1n) is 13.6. The number of benzene rings is 2. The maximum absolute atomic E-state index is 12.6. The van der Waals surface area contributed by atoms with E-state index in [2.05, 4.69) is 5.32 Å². The number of aldehydes is 2. The zero-order valence-corrected chi connectivity index (χ0v) is 23.9. The topological polar surface area (TPSA) is 166 Å². The van der Waals surface area contributed by atoms with E-state index in [1.807, 2.05) is 12.1 Å². The van der Waals surface area contributed by atoms with Crippen molar-refractivity contribution in [2.24, 2.45) is 0 Å². The van der Waals surface area contributed by atoms with Crippen LogP contribution >= 0.6 is 0 Å². The molecule has 228 valence electrons. The van der Waals surface area contributed by atoms with Crippen molar-refractivity contribution in [2.75, 3.05) is 39.4 Å². The molecule has 1 aliphatic rings. The molecular formula is C30H33N3O10. The fraction of sp³-hybridized carbons (Fsp3) is 0.367. The number of nitrogens with one attached hydrogen (secondary N) is 1. The first-order valence-corrected chi connectivity index (χ1v) is 13.6. The van der Waals surface area contributed by atoms with Crippen molar-refractivity contribution in [1.29, 1.82) is 0 Å². The standard InChI is InChI=1S/C30H33N3O10/c1-3-4-28(38)33(19-36)43-29(39)15-32(11-12-41-20(2)37)10-9-31-30(40)42-18-27-25-13-21(16-34)5-7-23(25)24-8-6-22(17-35)14-26(24)27/h5-8,13-14,16-17,19,27H,3-4,9-12,15,18H2,1-2H3,(H,31,40). The number of hydroxylamine groups is 2. The maximum Gasteiger partial charge on any atom is 0.407 e. The molecule has 2 aromatic carbocycles. The Bertz CT molecular complexity index is 1320. The number of carbonyl (C=O) groups excluding carboxylic acids is 7. The van der Waals surface area contributed by atoms with Crippen LogP contribution < -0.4 is 5.32 Å². The lowest BCUT2D eigenvalue weighted by molar-refractivity contribution is -0.197. The summed E-state index contributed by atoms with van der Waals surface area (Å²) in [5.74, 6) is -2.48. The van der Waals surface area contributed by atoms with Gasteiger partial charge in [-0.2, -0.15) is 0 Å². The lowest BCUT2D eigenvalue weighted by atomic mass is 9.96. The van der Waals surface area contributed by atoms with Crippen molar-refractivity contribution in [2.45, 2.75) is 32.6 Å². The molecule has 43 heavy (non-hydrogen) atoms. The molecule has 0 fully saturated rings. The minimum Gasteiger partial charge on any atom is -0.465 e. The summed E-state index contributed by atoms with van der Waals surface area (Å²) in [7, 11) is 0. The number of ether oxygens (including phenoxy) is 2. The van der Waals surface area contributed by atoms with E-state index >= 15 is 0 Å². The molecule has 2 aromatic rings. The van der Waals surface area contributed by atoms with Crippen molar-refractivity contribution in [1.82, 2.24) is 15.3 Å². The zero-order chi connectivity index (χ0) is 31.4. The number of rotatable bonds is 15. The predicted molar refractivity (Wildman–Crippen MR) is 151 cm³/mol. The molecule has 0 atom stereocenters. The van der Waals surface area contributed by atoms with Crippen LogP contribution in [0, 0.1) is 0 Å². The highest BCUT2D eigenvalue weighted by molar-refractivity contribution is 5.87. The molecule has 0 aromatic heterocycles. The fourth-order valence-electron chi connectivity index (χ4n) is 4.61. The summed E-state index contributed by atoms with van der Waals surface area (Å²) in [6.45, 7) is 2.72. The number of fused-ring (bicyclic) bond motifs is 3. The monoisotopic (exact) mass is 595 g/mol. The van der Waals surface area contributed by atoms with Crippen LogP contribution in [-0.2, 0) is 33.5 Å². The van der Waals surface area contributed by atoms with Gasteiger partial charge in [-0.3, -0.25) is 28.9 Å².